The van der Waals surface area contributed by atoms with E-state index >= 15 is 0 Å². The third-order valence-corrected chi connectivity index (χ3v) is 4.07. The largest absolute Gasteiger partial charge is 0.494 e. The van der Waals surface area contributed by atoms with Crippen LogP contribution in [0.1, 0.15) is 18.2 Å². The van der Waals surface area contributed by atoms with Crippen LogP contribution in [0.15, 0.2) is 36.0 Å². The molecule has 1 aromatic carbocycles. The van der Waals surface area contributed by atoms with E-state index in [1.807, 2.05) is 35.9 Å². The predicted octanol–water partition coefficient (Wildman–Crippen LogP) is 1.89. The SMILES string of the molecule is C=C(OCC)c1ccc2c(c1)OCCn1cc(/C(=N/C=N)NCCO)nc1-2. The maximum Gasteiger partial charge on any atom is 0.155 e. The Labute approximate surface area is 157 Å². The average molecular weight is 369 g/mol. The van der Waals surface area contributed by atoms with Gasteiger partial charge >= 0.3 is 0 Å². The fraction of sp³-hybridized carbons (Fsp3) is 0.316. The van der Waals surface area contributed by atoms with Gasteiger partial charge in [0.1, 0.15) is 36.0 Å². The van der Waals surface area contributed by atoms with E-state index in [0.29, 0.717) is 43.6 Å². The Hall–Kier alpha value is -3.13. The zero-order valence-corrected chi connectivity index (χ0v) is 15.2. The summed E-state index contributed by atoms with van der Waals surface area (Å²) in [5, 5.41) is 19.3. The summed E-state index contributed by atoms with van der Waals surface area (Å²) in [5.41, 5.74) is 2.34. The molecule has 1 aliphatic rings. The fourth-order valence-electron chi connectivity index (χ4n) is 2.87. The van der Waals surface area contributed by atoms with Gasteiger partial charge in [-0.05, 0) is 19.1 Å². The van der Waals surface area contributed by atoms with Crippen molar-refractivity contribution in [3.63, 3.8) is 0 Å². The number of fused-ring (bicyclic) bond motifs is 3. The van der Waals surface area contributed by atoms with Crippen molar-refractivity contribution in [2.24, 2.45) is 4.99 Å². The summed E-state index contributed by atoms with van der Waals surface area (Å²) in [5.74, 6) is 2.53. The van der Waals surface area contributed by atoms with E-state index in [9.17, 15) is 0 Å². The molecular weight excluding hydrogens is 346 g/mol. The van der Waals surface area contributed by atoms with Crippen molar-refractivity contribution in [3.05, 3.63) is 42.2 Å². The highest BCUT2D eigenvalue weighted by Gasteiger charge is 2.21. The summed E-state index contributed by atoms with van der Waals surface area (Å²) in [7, 11) is 0. The van der Waals surface area contributed by atoms with Crippen molar-refractivity contribution in [2.75, 3.05) is 26.4 Å². The van der Waals surface area contributed by atoms with E-state index in [-0.39, 0.29) is 6.61 Å². The first-order valence-corrected chi connectivity index (χ1v) is 8.76. The third kappa shape index (κ3) is 4.01. The smallest absolute Gasteiger partial charge is 0.155 e. The van der Waals surface area contributed by atoms with Crippen LogP contribution in [0.4, 0.5) is 0 Å². The second kappa shape index (κ2) is 8.50. The van der Waals surface area contributed by atoms with Crippen molar-refractivity contribution in [1.29, 1.82) is 5.41 Å². The molecule has 1 aromatic heterocycles. The van der Waals surface area contributed by atoms with Crippen molar-refractivity contribution in [3.8, 4) is 17.1 Å². The summed E-state index contributed by atoms with van der Waals surface area (Å²) in [6, 6.07) is 5.78. The summed E-state index contributed by atoms with van der Waals surface area (Å²) in [4.78, 5) is 8.70. The number of imidazole rings is 1. The summed E-state index contributed by atoms with van der Waals surface area (Å²) in [6.07, 6.45) is 2.82. The fourth-order valence-corrected chi connectivity index (χ4v) is 2.87. The third-order valence-electron chi connectivity index (χ3n) is 4.07. The van der Waals surface area contributed by atoms with Gasteiger partial charge in [-0.3, -0.25) is 5.41 Å². The van der Waals surface area contributed by atoms with Crippen LogP contribution in [0.3, 0.4) is 0 Å². The molecule has 1 aliphatic heterocycles. The Bertz CT molecular complexity index is 872. The first-order valence-electron chi connectivity index (χ1n) is 8.76. The molecule has 0 unspecified atom stereocenters. The molecule has 0 saturated carbocycles. The molecular formula is C19H23N5O3. The Morgan fingerprint density at radius 2 is 2.41 bits per heavy atom. The molecule has 8 nitrogen and oxygen atoms in total. The molecule has 0 aliphatic carbocycles. The van der Waals surface area contributed by atoms with Crippen LogP contribution >= 0.6 is 0 Å². The van der Waals surface area contributed by atoms with Gasteiger partial charge in [0.25, 0.3) is 0 Å². The molecule has 0 spiro atoms. The summed E-state index contributed by atoms with van der Waals surface area (Å²) in [6.45, 7) is 7.85. The number of aromatic nitrogens is 2. The number of ether oxygens (including phenoxy) is 2. The molecule has 0 atom stereocenters. The molecule has 2 aromatic rings. The second-order valence-electron chi connectivity index (χ2n) is 5.82. The van der Waals surface area contributed by atoms with E-state index in [4.69, 9.17) is 20.0 Å². The lowest BCUT2D eigenvalue weighted by Crippen LogP contribution is -2.28. The minimum Gasteiger partial charge on any atom is -0.494 e. The Kier molecular flexibility index (Phi) is 5.87. The highest BCUT2D eigenvalue weighted by atomic mass is 16.5. The topological polar surface area (TPSA) is 105 Å². The first kappa shape index (κ1) is 18.7. The van der Waals surface area contributed by atoms with E-state index in [1.165, 1.54) is 0 Å². The van der Waals surface area contributed by atoms with E-state index in [0.717, 1.165) is 29.0 Å². The zero-order valence-electron chi connectivity index (χ0n) is 15.2. The number of aliphatic hydroxyl groups is 1. The highest BCUT2D eigenvalue weighted by Crippen LogP contribution is 2.34. The zero-order chi connectivity index (χ0) is 19.2. The number of nitrogens with zero attached hydrogens (tertiary/aromatic N) is 3. The minimum atomic E-state index is -0.0340. The van der Waals surface area contributed by atoms with Gasteiger partial charge in [0, 0.05) is 18.3 Å². The predicted molar refractivity (Wildman–Crippen MR) is 104 cm³/mol. The average Bonchev–Trinajstić information content (AvgIpc) is 3.01. The van der Waals surface area contributed by atoms with Gasteiger partial charge < -0.3 is 24.5 Å². The van der Waals surface area contributed by atoms with Gasteiger partial charge in [-0.1, -0.05) is 12.6 Å². The number of aliphatic hydroxyl groups excluding tert-OH is 1. The van der Waals surface area contributed by atoms with Crippen LogP contribution in [0, 0.1) is 5.41 Å². The lowest BCUT2D eigenvalue weighted by Gasteiger charge is -2.11. The molecule has 0 bridgehead atoms. The van der Waals surface area contributed by atoms with E-state index in [2.05, 4.69) is 21.9 Å². The molecule has 0 saturated heterocycles. The monoisotopic (exact) mass is 369 g/mol. The maximum absolute atomic E-state index is 9.03. The van der Waals surface area contributed by atoms with Crippen LogP contribution in [0.2, 0.25) is 0 Å². The van der Waals surface area contributed by atoms with Crippen molar-refractivity contribution in [2.45, 2.75) is 13.5 Å². The molecule has 0 fully saturated rings. The second-order valence-corrected chi connectivity index (χ2v) is 5.82. The van der Waals surface area contributed by atoms with Gasteiger partial charge in [0.15, 0.2) is 5.84 Å². The molecule has 0 amide bonds. The molecule has 3 rings (SSSR count). The Morgan fingerprint density at radius 3 is 3.15 bits per heavy atom. The number of nitrogens with one attached hydrogen (secondary N) is 2. The van der Waals surface area contributed by atoms with Gasteiger partial charge in [-0.2, -0.15) is 0 Å². The van der Waals surface area contributed by atoms with Crippen LogP contribution in [-0.4, -0.2) is 53.2 Å². The molecule has 2 heterocycles. The molecule has 3 N–H and O–H groups in total. The van der Waals surface area contributed by atoms with Crippen molar-refractivity contribution < 1.29 is 14.6 Å². The van der Waals surface area contributed by atoms with Crippen LogP contribution in [0.25, 0.3) is 17.1 Å². The highest BCUT2D eigenvalue weighted by molar-refractivity contribution is 6.01. The van der Waals surface area contributed by atoms with Gasteiger partial charge in [-0.15, -0.1) is 0 Å². The van der Waals surface area contributed by atoms with Gasteiger partial charge in [-0.25, -0.2) is 9.98 Å². The lowest BCUT2D eigenvalue weighted by molar-refractivity contribution is 0.296. The number of hydrogen-bond acceptors (Lipinski definition) is 5. The van der Waals surface area contributed by atoms with Gasteiger partial charge in [0.05, 0.1) is 25.3 Å². The molecule has 8 heteroatoms. The molecule has 27 heavy (non-hydrogen) atoms. The number of benzene rings is 1. The van der Waals surface area contributed by atoms with E-state index in [1.54, 1.807) is 0 Å². The van der Waals surface area contributed by atoms with Gasteiger partial charge in [0.2, 0.25) is 0 Å². The van der Waals surface area contributed by atoms with Crippen LogP contribution in [-0.2, 0) is 11.3 Å². The molecule has 142 valence electrons. The summed E-state index contributed by atoms with van der Waals surface area (Å²) >= 11 is 0. The van der Waals surface area contributed by atoms with Crippen molar-refractivity contribution >= 4 is 17.9 Å². The Balaban J connectivity index is 1.99. The standard InChI is InChI=1S/C19H23N5O3/c1-3-26-13(2)14-4-5-15-17(10-14)27-9-7-24-11-16(23-19(15)24)18(22-12-20)21-6-8-25/h4-5,10-12,25H,2-3,6-9H2,1H3,(H2,20,21,22). The summed E-state index contributed by atoms with van der Waals surface area (Å²) < 4.78 is 13.4. The van der Waals surface area contributed by atoms with E-state index < -0.39 is 0 Å². The number of amidine groups is 1. The minimum absolute atomic E-state index is 0.0340. The quantitative estimate of drug-likeness (QED) is 0.393. The van der Waals surface area contributed by atoms with Crippen LogP contribution < -0.4 is 10.1 Å². The normalized spacial score (nSPS) is 13.0. The molecule has 0 radical (unpaired) electrons. The lowest BCUT2D eigenvalue weighted by atomic mass is 10.1. The van der Waals surface area contributed by atoms with Crippen LogP contribution in [0.5, 0.6) is 5.75 Å². The Morgan fingerprint density at radius 1 is 1.56 bits per heavy atom. The van der Waals surface area contributed by atoms with Crippen molar-refractivity contribution in [1.82, 2.24) is 14.9 Å². The number of rotatable bonds is 7. The number of hydrogen-bond donors (Lipinski definition) is 3. The first-order chi connectivity index (χ1) is 13.2. The number of aliphatic imine (C=N–C) groups is 1. The maximum atomic E-state index is 9.03.